The molecular formula is C21H25IN2O3. The summed E-state index contributed by atoms with van der Waals surface area (Å²) in [5, 5.41) is 4.07. The summed E-state index contributed by atoms with van der Waals surface area (Å²) in [7, 11) is 0. The average molecular weight is 480 g/mol. The predicted molar refractivity (Wildman–Crippen MR) is 117 cm³/mol. The summed E-state index contributed by atoms with van der Waals surface area (Å²) in [6, 6.07) is 11.8. The highest BCUT2D eigenvalue weighted by molar-refractivity contribution is 14.1. The predicted octanol–water partition coefficient (Wildman–Crippen LogP) is 4.34. The van der Waals surface area contributed by atoms with Crippen LogP contribution in [0.2, 0.25) is 0 Å². The van der Waals surface area contributed by atoms with Gasteiger partial charge in [0.05, 0.1) is 29.4 Å². The molecule has 0 aliphatic heterocycles. The summed E-state index contributed by atoms with van der Waals surface area (Å²) in [4.78, 5) is 12.1. The second-order valence-corrected chi connectivity index (χ2v) is 7.00. The molecular weight excluding hydrogens is 455 g/mol. The summed E-state index contributed by atoms with van der Waals surface area (Å²) in [6.07, 6.45) is 2.90. The summed E-state index contributed by atoms with van der Waals surface area (Å²) >= 11 is 2.21. The first kappa shape index (κ1) is 21.2. The average Bonchev–Trinajstić information content (AvgIpc) is 2.65. The number of benzene rings is 2. The van der Waals surface area contributed by atoms with E-state index in [0.29, 0.717) is 25.4 Å². The van der Waals surface area contributed by atoms with Gasteiger partial charge in [-0.1, -0.05) is 31.2 Å². The molecule has 27 heavy (non-hydrogen) atoms. The van der Waals surface area contributed by atoms with Crippen molar-refractivity contribution in [3.63, 3.8) is 0 Å². The van der Waals surface area contributed by atoms with E-state index in [0.717, 1.165) is 26.9 Å². The van der Waals surface area contributed by atoms with Crippen molar-refractivity contribution in [3.8, 4) is 11.5 Å². The molecule has 0 unspecified atom stereocenters. The van der Waals surface area contributed by atoms with Crippen LogP contribution in [0.25, 0.3) is 0 Å². The largest absolute Gasteiger partial charge is 0.490 e. The second-order valence-electron chi connectivity index (χ2n) is 5.84. The normalized spacial score (nSPS) is 10.8. The number of nitrogens with zero attached hydrogens (tertiary/aromatic N) is 1. The van der Waals surface area contributed by atoms with Crippen molar-refractivity contribution >= 4 is 34.7 Å². The van der Waals surface area contributed by atoms with Crippen molar-refractivity contribution in [2.75, 3.05) is 13.2 Å². The molecule has 0 fully saturated rings. The smallest absolute Gasteiger partial charge is 0.244 e. The molecule has 0 heterocycles. The van der Waals surface area contributed by atoms with Gasteiger partial charge in [-0.25, -0.2) is 5.43 Å². The zero-order valence-electron chi connectivity index (χ0n) is 15.9. The number of ether oxygens (including phenoxy) is 2. The Kier molecular flexibility index (Phi) is 8.57. The molecule has 1 N–H and O–H groups in total. The quantitative estimate of drug-likeness (QED) is 0.330. The van der Waals surface area contributed by atoms with Crippen molar-refractivity contribution in [3.05, 3.63) is 56.7 Å². The van der Waals surface area contributed by atoms with Crippen LogP contribution in [0.1, 0.15) is 37.5 Å². The van der Waals surface area contributed by atoms with Gasteiger partial charge in [-0.05, 0) is 71.7 Å². The monoisotopic (exact) mass is 480 g/mol. The molecule has 6 heteroatoms. The van der Waals surface area contributed by atoms with Gasteiger partial charge in [0, 0.05) is 0 Å². The van der Waals surface area contributed by atoms with E-state index in [1.54, 1.807) is 6.21 Å². The Hall–Kier alpha value is -2.09. The molecule has 5 nitrogen and oxygen atoms in total. The van der Waals surface area contributed by atoms with E-state index in [2.05, 4.69) is 40.0 Å². The van der Waals surface area contributed by atoms with Gasteiger partial charge in [-0.2, -0.15) is 5.10 Å². The Morgan fingerprint density at radius 3 is 2.37 bits per heavy atom. The lowest BCUT2D eigenvalue weighted by molar-refractivity contribution is -0.120. The lowest BCUT2D eigenvalue weighted by Crippen LogP contribution is -2.19. The summed E-state index contributed by atoms with van der Waals surface area (Å²) in [6.45, 7) is 7.09. The zero-order valence-corrected chi connectivity index (χ0v) is 18.1. The topological polar surface area (TPSA) is 59.9 Å². The van der Waals surface area contributed by atoms with Crippen molar-refractivity contribution in [1.29, 1.82) is 0 Å². The van der Waals surface area contributed by atoms with Gasteiger partial charge in [-0.3, -0.25) is 4.79 Å². The van der Waals surface area contributed by atoms with Crippen LogP contribution in [0.15, 0.2) is 41.5 Å². The molecule has 2 aromatic rings. The Balaban J connectivity index is 2.00. The lowest BCUT2D eigenvalue weighted by atomic mass is 10.1. The molecule has 0 saturated carbocycles. The minimum Gasteiger partial charge on any atom is -0.490 e. The van der Waals surface area contributed by atoms with E-state index in [1.807, 2.05) is 50.2 Å². The third-order valence-electron chi connectivity index (χ3n) is 3.82. The summed E-state index contributed by atoms with van der Waals surface area (Å²) in [5.74, 6) is 1.26. The van der Waals surface area contributed by atoms with Crippen LogP contribution in [0.3, 0.4) is 0 Å². The first-order valence-electron chi connectivity index (χ1n) is 9.06. The maximum Gasteiger partial charge on any atom is 0.244 e. The van der Waals surface area contributed by atoms with Crippen molar-refractivity contribution < 1.29 is 14.3 Å². The molecule has 0 aliphatic carbocycles. The number of amides is 1. The molecule has 2 rings (SSSR count). The maximum atomic E-state index is 12.1. The van der Waals surface area contributed by atoms with Crippen LogP contribution in [-0.2, 0) is 17.6 Å². The van der Waals surface area contributed by atoms with Crippen LogP contribution >= 0.6 is 22.6 Å². The highest BCUT2D eigenvalue weighted by Crippen LogP contribution is 2.33. The van der Waals surface area contributed by atoms with Crippen LogP contribution in [0, 0.1) is 3.57 Å². The highest BCUT2D eigenvalue weighted by atomic mass is 127. The Morgan fingerprint density at radius 2 is 1.74 bits per heavy atom. The molecule has 0 bridgehead atoms. The first-order chi connectivity index (χ1) is 13.1. The van der Waals surface area contributed by atoms with Gasteiger partial charge in [-0.15, -0.1) is 0 Å². The number of hydrazone groups is 1. The fourth-order valence-corrected chi connectivity index (χ4v) is 3.29. The van der Waals surface area contributed by atoms with E-state index in [9.17, 15) is 4.79 Å². The van der Waals surface area contributed by atoms with Crippen LogP contribution in [0.4, 0.5) is 0 Å². The van der Waals surface area contributed by atoms with Crippen molar-refractivity contribution in [2.45, 2.75) is 33.6 Å². The molecule has 0 aliphatic rings. The number of aryl methyl sites for hydroxylation is 1. The van der Waals surface area contributed by atoms with Gasteiger partial charge in [0.15, 0.2) is 11.5 Å². The number of nitrogens with one attached hydrogen (secondary N) is 1. The minimum atomic E-state index is -0.152. The Labute approximate surface area is 174 Å². The zero-order chi connectivity index (χ0) is 19.6. The Bertz CT molecular complexity index is 789. The van der Waals surface area contributed by atoms with E-state index in [1.165, 1.54) is 5.56 Å². The molecule has 0 atom stereocenters. The van der Waals surface area contributed by atoms with Gasteiger partial charge in [0.1, 0.15) is 0 Å². The van der Waals surface area contributed by atoms with E-state index >= 15 is 0 Å². The van der Waals surface area contributed by atoms with Gasteiger partial charge in [0.25, 0.3) is 0 Å². The fraction of sp³-hybridized carbons (Fsp3) is 0.333. The number of carbonyl (C=O) groups is 1. The van der Waals surface area contributed by atoms with Crippen molar-refractivity contribution in [1.82, 2.24) is 5.43 Å². The highest BCUT2D eigenvalue weighted by Gasteiger charge is 2.11. The number of rotatable bonds is 9. The number of hydrogen-bond acceptors (Lipinski definition) is 4. The minimum absolute atomic E-state index is 0.152. The van der Waals surface area contributed by atoms with Crippen molar-refractivity contribution in [2.24, 2.45) is 5.10 Å². The molecule has 144 valence electrons. The number of carbonyl (C=O) groups excluding carboxylic acids is 1. The van der Waals surface area contributed by atoms with Crippen LogP contribution < -0.4 is 14.9 Å². The molecule has 0 aromatic heterocycles. The van der Waals surface area contributed by atoms with Crippen LogP contribution in [-0.4, -0.2) is 25.3 Å². The fourth-order valence-electron chi connectivity index (χ4n) is 2.51. The Morgan fingerprint density at radius 1 is 1.07 bits per heavy atom. The first-order valence-corrected chi connectivity index (χ1v) is 10.1. The third kappa shape index (κ3) is 6.53. The van der Waals surface area contributed by atoms with E-state index in [-0.39, 0.29) is 5.91 Å². The van der Waals surface area contributed by atoms with Gasteiger partial charge >= 0.3 is 0 Å². The maximum absolute atomic E-state index is 12.1. The van der Waals surface area contributed by atoms with E-state index < -0.39 is 0 Å². The summed E-state index contributed by atoms with van der Waals surface area (Å²) in [5.41, 5.74) is 5.63. The standard InChI is InChI=1S/C21H25IN2O3/c1-4-15-7-9-16(10-8-15)13-20(25)24-23-14-17-11-18(22)21(27-6-3)19(12-17)26-5-2/h7-12,14H,4-6,13H2,1-3H3,(H,24,25)/b23-14+. The molecule has 0 radical (unpaired) electrons. The lowest BCUT2D eigenvalue weighted by Gasteiger charge is -2.13. The molecule has 2 aromatic carbocycles. The van der Waals surface area contributed by atoms with Gasteiger partial charge in [0.2, 0.25) is 5.91 Å². The third-order valence-corrected chi connectivity index (χ3v) is 4.62. The number of hydrogen-bond donors (Lipinski definition) is 1. The second kappa shape index (κ2) is 10.9. The number of halogens is 1. The van der Waals surface area contributed by atoms with E-state index in [4.69, 9.17) is 9.47 Å². The molecule has 0 spiro atoms. The molecule has 1 amide bonds. The molecule has 0 saturated heterocycles. The van der Waals surface area contributed by atoms with Crippen LogP contribution in [0.5, 0.6) is 11.5 Å². The summed E-state index contributed by atoms with van der Waals surface area (Å²) < 4.78 is 12.2. The van der Waals surface area contributed by atoms with Gasteiger partial charge < -0.3 is 9.47 Å². The SMILES string of the molecule is CCOc1cc(/C=N/NC(=O)Cc2ccc(CC)cc2)cc(I)c1OCC.